The van der Waals surface area contributed by atoms with Crippen LogP contribution >= 0.6 is 0 Å². The first-order chi connectivity index (χ1) is 13.2. The Morgan fingerprint density at radius 2 is 1.69 bits per heavy atom. The molecule has 0 atom stereocenters. The highest BCUT2D eigenvalue weighted by atomic mass is 32.2. The molecule has 29 heavy (non-hydrogen) atoms. The molecule has 1 fully saturated rings. The number of carbonyl (C=O) groups is 1. The molecule has 1 amide bonds. The normalized spacial score (nSPS) is 19.0. The summed E-state index contributed by atoms with van der Waals surface area (Å²) in [5.41, 5.74) is -5.86. The van der Waals surface area contributed by atoms with Crippen LogP contribution in [0.5, 0.6) is 0 Å². The number of carbonyl (C=O) groups excluding carboxylic acids is 1. The van der Waals surface area contributed by atoms with E-state index in [2.05, 4.69) is 4.18 Å². The van der Waals surface area contributed by atoms with Gasteiger partial charge in [-0.1, -0.05) is 24.3 Å². The van der Waals surface area contributed by atoms with Crippen LogP contribution in [0.1, 0.15) is 44.7 Å². The Hall–Kier alpha value is -2.23. The van der Waals surface area contributed by atoms with Gasteiger partial charge in [-0.25, -0.2) is 4.79 Å². The van der Waals surface area contributed by atoms with E-state index in [-0.39, 0.29) is 5.76 Å². The zero-order valence-electron chi connectivity index (χ0n) is 16.2. The first kappa shape index (κ1) is 21.5. The van der Waals surface area contributed by atoms with Gasteiger partial charge in [0.25, 0.3) is 0 Å². The number of piperidine rings is 1. The molecular weight excluding hydrogens is 411 g/mol. The number of alkyl halides is 3. The Morgan fingerprint density at radius 3 is 2.24 bits per heavy atom. The van der Waals surface area contributed by atoms with E-state index in [0.29, 0.717) is 37.1 Å². The minimum absolute atomic E-state index is 0.311. The molecule has 1 aliphatic heterocycles. The molecule has 1 saturated heterocycles. The SMILES string of the molecule is CC(C)(C)OC(=O)N1CCC2(C=C(OS(=O)(=O)C(F)(F)F)c3ccccc32)CC1. The van der Waals surface area contributed by atoms with Crippen molar-refractivity contribution in [3.05, 3.63) is 41.5 Å². The first-order valence-electron chi connectivity index (χ1n) is 9.06. The summed E-state index contributed by atoms with van der Waals surface area (Å²) in [6.45, 7) is 5.92. The second-order valence-electron chi connectivity index (χ2n) is 8.16. The van der Waals surface area contributed by atoms with Gasteiger partial charge >= 0.3 is 21.7 Å². The quantitative estimate of drug-likeness (QED) is 0.517. The minimum atomic E-state index is -5.78. The van der Waals surface area contributed by atoms with Crippen LogP contribution in [-0.2, 0) is 24.5 Å². The van der Waals surface area contributed by atoms with Gasteiger partial charge in [-0.3, -0.25) is 0 Å². The largest absolute Gasteiger partial charge is 0.534 e. The van der Waals surface area contributed by atoms with Crippen LogP contribution in [0.3, 0.4) is 0 Å². The summed E-state index contributed by atoms with van der Waals surface area (Å²) in [4.78, 5) is 13.8. The number of hydrogen-bond donors (Lipinski definition) is 0. The molecule has 0 radical (unpaired) electrons. The number of amides is 1. The Morgan fingerprint density at radius 1 is 1.10 bits per heavy atom. The van der Waals surface area contributed by atoms with Gasteiger partial charge < -0.3 is 13.8 Å². The van der Waals surface area contributed by atoms with Crippen LogP contribution in [0.25, 0.3) is 5.76 Å². The Bertz CT molecular complexity index is 939. The van der Waals surface area contributed by atoms with Gasteiger partial charge in [0.1, 0.15) is 11.4 Å². The summed E-state index contributed by atoms with van der Waals surface area (Å²) in [6, 6.07) is 6.61. The lowest BCUT2D eigenvalue weighted by Crippen LogP contribution is -2.45. The Balaban J connectivity index is 1.85. The van der Waals surface area contributed by atoms with Gasteiger partial charge in [-0.2, -0.15) is 21.6 Å². The third-order valence-electron chi connectivity index (χ3n) is 4.93. The van der Waals surface area contributed by atoms with E-state index in [4.69, 9.17) is 4.74 Å². The second kappa shape index (κ2) is 6.93. The molecule has 10 heteroatoms. The molecular formula is C19H22F3NO5S. The van der Waals surface area contributed by atoms with Gasteiger partial charge in [-0.15, -0.1) is 0 Å². The number of rotatable bonds is 2. The zero-order valence-corrected chi connectivity index (χ0v) is 17.1. The zero-order chi connectivity index (χ0) is 21.7. The summed E-state index contributed by atoms with van der Waals surface area (Å²) < 4.78 is 71.2. The molecule has 3 rings (SSSR count). The fourth-order valence-electron chi connectivity index (χ4n) is 3.60. The van der Waals surface area contributed by atoms with E-state index in [9.17, 15) is 26.4 Å². The van der Waals surface area contributed by atoms with E-state index in [1.165, 1.54) is 17.0 Å². The molecule has 0 saturated carbocycles. The maximum Gasteiger partial charge on any atom is 0.534 e. The minimum Gasteiger partial charge on any atom is -0.444 e. The lowest BCUT2D eigenvalue weighted by Gasteiger charge is -2.39. The van der Waals surface area contributed by atoms with Crippen molar-refractivity contribution in [3.63, 3.8) is 0 Å². The number of likely N-dealkylation sites (tertiary alicyclic amines) is 1. The third kappa shape index (κ3) is 4.22. The molecule has 0 unspecified atom stereocenters. The summed E-state index contributed by atoms with van der Waals surface area (Å²) in [5, 5.41) is 0. The van der Waals surface area contributed by atoms with Gasteiger partial charge in [0.2, 0.25) is 0 Å². The second-order valence-corrected chi connectivity index (χ2v) is 9.70. The summed E-state index contributed by atoms with van der Waals surface area (Å²) >= 11 is 0. The van der Waals surface area contributed by atoms with Crippen molar-refractivity contribution in [1.29, 1.82) is 0 Å². The molecule has 1 spiro atoms. The highest BCUT2D eigenvalue weighted by Crippen LogP contribution is 2.48. The molecule has 1 aliphatic carbocycles. The average molecular weight is 433 g/mol. The predicted octanol–water partition coefficient (Wildman–Crippen LogP) is 4.18. The van der Waals surface area contributed by atoms with Crippen LogP contribution in [0, 0.1) is 0 Å². The van der Waals surface area contributed by atoms with Crippen molar-refractivity contribution in [2.24, 2.45) is 0 Å². The van der Waals surface area contributed by atoms with Gasteiger partial charge in [0, 0.05) is 24.1 Å². The summed E-state index contributed by atoms with van der Waals surface area (Å²) in [5.74, 6) is -0.330. The number of allylic oxidation sites excluding steroid dienone is 1. The van der Waals surface area contributed by atoms with E-state index in [1.54, 1.807) is 39.0 Å². The molecule has 0 aromatic heterocycles. The molecule has 1 heterocycles. The van der Waals surface area contributed by atoms with E-state index in [0.717, 1.165) is 0 Å². The molecule has 0 N–H and O–H groups in total. The van der Waals surface area contributed by atoms with Crippen LogP contribution in [0.15, 0.2) is 30.3 Å². The fourth-order valence-corrected chi connectivity index (χ4v) is 4.07. The Labute approximate surface area is 167 Å². The van der Waals surface area contributed by atoms with Crippen LogP contribution < -0.4 is 0 Å². The molecule has 6 nitrogen and oxygen atoms in total. The average Bonchev–Trinajstić information content (AvgIpc) is 2.86. The fraction of sp³-hybridized carbons (Fsp3) is 0.526. The number of hydrogen-bond acceptors (Lipinski definition) is 5. The van der Waals surface area contributed by atoms with Gasteiger partial charge in [0.15, 0.2) is 0 Å². The maximum absolute atomic E-state index is 12.8. The first-order valence-corrected chi connectivity index (χ1v) is 10.5. The predicted molar refractivity (Wildman–Crippen MR) is 99.2 cm³/mol. The number of fused-ring (bicyclic) bond motifs is 2. The molecule has 1 aromatic carbocycles. The van der Waals surface area contributed by atoms with E-state index >= 15 is 0 Å². The lowest BCUT2D eigenvalue weighted by atomic mass is 9.74. The van der Waals surface area contributed by atoms with E-state index in [1.807, 2.05) is 0 Å². The van der Waals surface area contributed by atoms with Crippen molar-refractivity contribution in [2.75, 3.05) is 13.1 Å². The van der Waals surface area contributed by atoms with Crippen molar-refractivity contribution < 1.29 is 35.3 Å². The number of ether oxygens (including phenoxy) is 1. The molecule has 160 valence electrons. The third-order valence-corrected chi connectivity index (χ3v) is 5.89. The van der Waals surface area contributed by atoms with Crippen molar-refractivity contribution in [3.8, 4) is 0 Å². The van der Waals surface area contributed by atoms with Gasteiger partial charge in [0.05, 0.1) is 0 Å². The lowest BCUT2D eigenvalue weighted by molar-refractivity contribution is -0.0509. The monoisotopic (exact) mass is 433 g/mol. The van der Waals surface area contributed by atoms with Crippen molar-refractivity contribution in [1.82, 2.24) is 4.90 Å². The standard InChI is InChI=1S/C19H22F3NO5S/c1-17(2,3)27-16(24)23-10-8-18(9-11-23)12-15(13-6-4-5-7-14(13)18)28-29(25,26)19(20,21)22/h4-7,12H,8-11H2,1-3H3. The summed E-state index contributed by atoms with van der Waals surface area (Å²) in [6.07, 6.45) is 1.79. The van der Waals surface area contributed by atoms with Crippen LogP contribution in [0.4, 0.5) is 18.0 Å². The molecule has 2 aliphatic rings. The van der Waals surface area contributed by atoms with Crippen LogP contribution in [-0.4, -0.2) is 43.6 Å². The molecule has 0 bridgehead atoms. The summed E-state index contributed by atoms with van der Waals surface area (Å²) in [7, 11) is -5.78. The van der Waals surface area contributed by atoms with E-state index < -0.39 is 32.7 Å². The smallest absolute Gasteiger partial charge is 0.444 e. The van der Waals surface area contributed by atoms with Crippen molar-refractivity contribution >= 4 is 22.0 Å². The highest BCUT2D eigenvalue weighted by Gasteiger charge is 2.51. The number of halogens is 3. The molecule has 1 aromatic rings. The maximum atomic E-state index is 12.8. The highest BCUT2D eigenvalue weighted by molar-refractivity contribution is 7.87. The number of nitrogens with zero attached hydrogens (tertiary/aromatic N) is 1. The topological polar surface area (TPSA) is 72.9 Å². The Kier molecular flexibility index (Phi) is 5.13. The van der Waals surface area contributed by atoms with Gasteiger partial charge in [-0.05, 0) is 45.3 Å². The van der Waals surface area contributed by atoms with Crippen molar-refractivity contribution in [2.45, 2.75) is 50.1 Å². The number of benzene rings is 1. The van der Waals surface area contributed by atoms with Crippen LogP contribution in [0.2, 0.25) is 0 Å².